The minimum absolute atomic E-state index is 0.276. The van der Waals surface area contributed by atoms with Gasteiger partial charge >= 0.3 is 0 Å². The summed E-state index contributed by atoms with van der Waals surface area (Å²) in [6.07, 6.45) is 0. The zero-order valence-electron chi connectivity index (χ0n) is 7.74. The van der Waals surface area contributed by atoms with Gasteiger partial charge in [0.05, 0.1) is 5.69 Å². The van der Waals surface area contributed by atoms with E-state index in [2.05, 4.69) is 20.5 Å². The molecule has 2 heterocycles. The molecule has 0 fully saturated rings. The second-order valence-electron chi connectivity index (χ2n) is 2.96. The number of nitroso groups, excluding NO2 is 1. The molecule has 0 aliphatic heterocycles. The molecule has 14 heavy (non-hydrogen) atoms. The van der Waals surface area contributed by atoms with Crippen molar-refractivity contribution in [3.05, 3.63) is 22.4 Å². The van der Waals surface area contributed by atoms with E-state index >= 15 is 0 Å². The number of aromatic nitrogens is 3. The molecule has 0 aromatic carbocycles. The Bertz CT molecular complexity index is 471. The highest BCUT2D eigenvalue weighted by atomic mass is 16.5. The Morgan fingerprint density at radius 3 is 2.86 bits per heavy atom. The minimum atomic E-state index is 0.276. The lowest BCUT2D eigenvalue weighted by molar-refractivity contribution is 0.399. The van der Waals surface area contributed by atoms with Crippen molar-refractivity contribution in [2.45, 2.75) is 13.8 Å². The second-order valence-corrected chi connectivity index (χ2v) is 2.96. The minimum Gasteiger partial charge on any atom is -0.361 e. The van der Waals surface area contributed by atoms with E-state index in [-0.39, 0.29) is 5.69 Å². The van der Waals surface area contributed by atoms with Gasteiger partial charge in [0.1, 0.15) is 17.1 Å². The van der Waals surface area contributed by atoms with Crippen molar-refractivity contribution in [3.63, 3.8) is 0 Å². The standard InChI is InChI=1S/C8H8N4O2/c1-4-3-6(12-14-4)8-7(11-13)5(2)9-10-8/h3H,1-2H3,(H,9,10). The normalized spacial score (nSPS) is 10.4. The summed E-state index contributed by atoms with van der Waals surface area (Å²) in [5.41, 5.74) is 1.84. The molecular formula is C8H8N4O2. The van der Waals surface area contributed by atoms with E-state index < -0.39 is 0 Å². The summed E-state index contributed by atoms with van der Waals surface area (Å²) >= 11 is 0. The molecule has 0 aliphatic carbocycles. The molecule has 72 valence electrons. The van der Waals surface area contributed by atoms with Crippen LogP contribution in [0.5, 0.6) is 0 Å². The lowest BCUT2D eigenvalue weighted by Crippen LogP contribution is -1.76. The Hall–Kier alpha value is -1.98. The molecule has 2 aromatic heterocycles. The predicted molar refractivity (Wildman–Crippen MR) is 49.0 cm³/mol. The first kappa shape index (κ1) is 8.61. The van der Waals surface area contributed by atoms with Crippen molar-refractivity contribution >= 4 is 5.69 Å². The lowest BCUT2D eigenvalue weighted by atomic mass is 10.2. The Labute approximate surface area is 79.3 Å². The molecule has 0 aliphatic rings. The van der Waals surface area contributed by atoms with Crippen LogP contribution in [0.1, 0.15) is 11.5 Å². The molecule has 1 N–H and O–H groups in total. The lowest BCUT2D eigenvalue weighted by Gasteiger charge is -1.87. The van der Waals surface area contributed by atoms with E-state index in [1.165, 1.54) is 0 Å². The second kappa shape index (κ2) is 3.06. The van der Waals surface area contributed by atoms with Crippen LogP contribution in [-0.2, 0) is 0 Å². The zero-order chi connectivity index (χ0) is 10.1. The smallest absolute Gasteiger partial charge is 0.158 e. The van der Waals surface area contributed by atoms with Crippen molar-refractivity contribution in [2.24, 2.45) is 5.18 Å². The number of hydrogen-bond donors (Lipinski definition) is 1. The van der Waals surface area contributed by atoms with Crippen LogP contribution in [0.15, 0.2) is 15.8 Å². The van der Waals surface area contributed by atoms with Crippen molar-refractivity contribution in [1.29, 1.82) is 0 Å². The van der Waals surface area contributed by atoms with Crippen LogP contribution in [0.3, 0.4) is 0 Å². The van der Waals surface area contributed by atoms with Crippen LogP contribution >= 0.6 is 0 Å². The molecule has 0 atom stereocenters. The van der Waals surface area contributed by atoms with Gasteiger partial charge in [0.2, 0.25) is 0 Å². The number of aryl methyl sites for hydroxylation is 2. The van der Waals surface area contributed by atoms with Crippen LogP contribution in [0, 0.1) is 18.8 Å². The first-order chi connectivity index (χ1) is 6.72. The van der Waals surface area contributed by atoms with E-state index in [4.69, 9.17) is 4.52 Å². The van der Waals surface area contributed by atoms with E-state index in [1.54, 1.807) is 19.9 Å². The Morgan fingerprint density at radius 1 is 1.50 bits per heavy atom. The third kappa shape index (κ3) is 1.20. The molecule has 2 rings (SSSR count). The molecular weight excluding hydrogens is 184 g/mol. The molecule has 0 spiro atoms. The van der Waals surface area contributed by atoms with Crippen LogP contribution in [0.2, 0.25) is 0 Å². The van der Waals surface area contributed by atoms with Crippen molar-refractivity contribution in [2.75, 3.05) is 0 Å². The maximum atomic E-state index is 10.5. The zero-order valence-corrected chi connectivity index (χ0v) is 7.74. The fraction of sp³-hybridized carbons (Fsp3) is 0.250. The highest BCUT2D eigenvalue weighted by Crippen LogP contribution is 2.29. The van der Waals surface area contributed by atoms with Gasteiger partial charge in [0, 0.05) is 6.07 Å². The van der Waals surface area contributed by atoms with Gasteiger partial charge in [-0.15, -0.1) is 4.91 Å². The van der Waals surface area contributed by atoms with Crippen molar-refractivity contribution < 1.29 is 4.52 Å². The summed E-state index contributed by atoms with van der Waals surface area (Å²) in [4.78, 5) is 10.5. The first-order valence-corrected chi connectivity index (χ1v) is 4.04. The largest absolute Gasteiger partial charge is 0.361 e. The summed E-state index contributed by atoms with van der Waals surface area (Å²) in [5.74, 6) is 0.664. The maximum absolute atomic E-state index is 10.5. The molecule has 0 unspecified atom stereocenters. The van der Waals surface area contributed by atoms with Crippen molar-refractivity contribution in [1.82, 2.24) is 15.4 Å². The van der Waals surface area contributed by atoms with Gasteiger partial charge in [0.25, 0.3) is 0 Å². The van der Waals surface area contributed by atoms with Crippen LogP contribution in [-0.4, -0.2) is 15.4 Å². The molecule has 6 nitrogen and oxygen atoms in total. The van der Waals surface area contributed by atoms with Gasteiger partial charge in [-0.25, -0.2) is 0 Å². The van der Waals surface area contributed by atoms with Gasteiger partial charge < -0.3 is 4.52 Å². The predicted octanol–water partition coefficient (Wildman–Crippen LogP) is 2.08. The fourth-order valence-electron chi connectivity index (χ4n) is 1.19. The topological polar surface area (TPSA) is 84.1 Å². The number of hydrogen-bond acceptors (Lipinski definition) is 5. The third-order valence-electron chi connectivity index (χ3n) is 1.88. The third-order valence-corrected chi connectivity index (χ3v) is 1.88. The number of H-pyrrole nitrogens is 1. The molecule has 0 amide bonds. The maximum Gasteiger partial charge on any atom is 0.158 e. The quantitative estimate of drug-likeness (QED) is 0.738. The van der Waals surface area contributed by atoms with Crippen LogP contribution < -0.4 is 0 Å². The van der Waals surface area contributed by atoms with E-state index in [0.717, 1.165) is 0 Å². The molecule has 0 saturated heterocycles. The van der Waals surface area contributed by atoms with Gasteiger partial charge in [-0.05, 0) is 19.0 Å². The molecule has 0 bridgehead atoms. The molecule has 2 aromatic rings. The Morgan fingerprint density at radius 2 is 2.29 bits per heavy atom. The fourth-order valence-corrected chi connectivity index (χ4v) is 1.19. The Balaban J connectivity index is 2.56. The summed E-state index contributed by atoms with van der Waals surface area (Å²) in [5, 5.41) is 13.2. The number of aromatic amines is 1. The SMILES string of the molecule is Cc1cc(-c2n[nH]c(C)c2N=O)no1. The van der Waals surface area contributed by atoms with Gasteiger partial charge in [-0.1, -0.05) is 5.16 Å². The highest BCUT2D eigenvalue weighted by molar-refractivity contribution is 5.70. The van der Waals surface area contributed by atoms with Gasteiger partial charge in [-0.3, -0.25) is 5.10 Å². The molecule has 6 heteroatoms. The number of rotatable bonds is 2. The van der Waals surface area contributed by atoms with Crippen LogP contribution in [0.4, 0.5) is 5.69 Å². The van der Waals surface area contributed by atoms with E-state index in [9.17, 15) is 4.91 Å². The first-order valence-electron chi connectivity index (χ1n) is 4.04. The summed E-state index contributed by atoms with van der Waals surface area (Å²) in [7, 11) is 0. The number of nitrogens with one attached hydrogen (secondary N) is 1. The summed E-state index contributed by atoms with van der Waals surface area (Å²) in [6.45, 7) is 3.49. The number of nitrogens with zero attached hydrogens (tertiary/aromatic N) is 3. The molecule has 0 radical (unpaired) electrons. The average Bonchev–Trinajstić information content (AvgIpc) is 2.71. The van der Waals surface area contributed by atoms with E-state index in [1.807, 2.05) is 0 Å². The summed E-state index contributed by atoms with van der Waals surface area (Å²) in [6, 6.07) is 1.70. The van der Waals surface area contributed by atoms with E-state index in [0.29, 0.717) is 22.8 Å². The van der Waals surface area contributed by atoms with Crippen LogP contribution in [0.25, 0.3) is 11.4 Å². The van der Waals surface area contributed by atoms with Crippen molar-refractivity contribution in [3.8, 4) is 11.4 Å². The van der Waals surface area contributed by atoms with Gasteiger partial charge in [-0.2, -0.15) is 5.10 Å². The average molecular weight is 192 g/mol. The molecule has 0 saturated carbocycles. The monoisotopic (exact) mass is 192 g/mol. The highest BCUT2D eigenvalue weighted by Gasteiger charge is 2.15. The summed E-state index contributed by atoms with van der Waals surface area (Å²) < 4.78 is 4.88. The van der Waals surface area contributed by atoms with Gasteiger partial charge in [0.15, 0.2) is 5.69 Å². The Kier molecular flexibility index (Phi) is 1.88.